The number of hydrogen-bond acceptors (Lipinski definition) is 6. The highest BCUT2D eigenvalue weighted by molar-refractivity contribution is 5.78. The molecule has 2 amide bonds. The summed E-state index contributed by atoms with van der Waals surface area (Å²) in [7, 11) is 0. The SMILES string of the molecule is O=C(N1CCN(c2ncc(F)c(-c3ccc[nH]c3=O)n2)CC1)N1N=CCC1c1cc(F)cc(F)c1. The van der Waals surface area contributed by atoms with Crippen LogP contribution in [0.3, 0.4) is 0 Å². The molecular formula is C23H20F3N7O2. The summed E-state index contributed by atoms with van der Waals surface area (Å²) >= 11 is 0. The Balaban J connectivity index is 1.29. The predicted octanol–water partition coefficient (Wildman–Crippen LogP) is 2.92. The van der Waals surface area contributed by atoms with Crippen LogP contribution in [0, 0.1) is 17.5 Å². The summed E-state index contributed by atoms with van der Waals surface area (Å²) in [4.78, 5) is 39.4. The van der Waals surface area contributed by atoms with Crippen LogP contribution in [0.25, 0.3) is 11.3 Å². The zero-order chi connectivity index (χ0) is 24.5. The van der Waals surface area contributed by atoms with Crippen molar-refractivity contribution in [2.45, 2.75) is 12.5 Å². The summed E-state index contributed by atoms with van der Waals surface area (Å²) in [6.07, 6.45) is 4.35. The van der Waals surface area contributed by atoms with Crippen LogP contribution in [0.4, 0.5) is 23.9 Å². The van der Waals surface area contributed by atoms with Crippen LogP contribution in [0.2, 0.25) is 0 Å². The number of urea groups is 1. The van der Waals surface area contributed by atoms with E-state index < -0.39 is 29.1 Å². The number of carbonyl (C=O) groups excluding carboxylic acids is 1. The van der Waals surface area contributed by atoms with Gasteiger partial charge in [-0.1, -0.05) is 0 Å². The van der Waals surface area contributed by atoms with Gasteiger partial charge >= 0.3 is 6.03 Å². The van der Waals surface area contributed by atoms with Gasteiger partial charge in [0.05, 0.1) is 17.8 Å². The van der Waals surface area contributed by atoms with E-state index in [1.165, 1.54) is 29.4 Å². The molecule has 0 radical (unpaired) electrons. The number of anilines is 1. The molecule has 1 aromatic carbocycles. The Morgan fingerprint density at radius 1 is 1.06 bits per heavy atom. The number of benzene rings is 1. The van der Waals surface area contributed by atoms with Gasteiger partial charge in [0.15, 0.2) is 5.82 Å². The van der Waals surface area contributed by atoms with E-state index in [4.69, 9.17) is 0 Å². The molecular weight excluding hydrogens is 463 g/mol. The Labute approximate surface area is 197 Å². The molecule has 2 aliphatic rings. The van der Waals surface area contributed by atoms with Crippen LogP contribution in [0.15, 0.2) is 52.6 Å². The van der Waals surface area contributed by atoms with E-state index in [9.17, 15) is 22.8 Å². The van der Waals surface area contributed by atoms with Crippen LogP contribution in [0.5, 0.6) is 0 Å². The normalized spacial score (nSPS) is 17.8. The molecule has 9 nitrogen and oxygen atoms in total. The number of carbonyl (C=O) groups is 1. The van der Waals surface area contributed by atoms with Crippen molar-refractivity contribution in [1.29, 1.82) is 0 Å². The fourth-order valence-corrected chi connectivity index (χ4v) is 4.19. The molecule has 1 unspecified atom stereocenters. The van der Waals surface area contributed by atoms with Gasteiger partial charge in [-0.05, 0) is 29.8 Å². The summed E-state index contributed by atoms with van der Waals surface area (Å²) in [5.74, 6) is -1.91. The van der Waals surface area contributed by atoms with Gasteiger partial charge in [-0.15, -0.1) is 0 Å². The number of piperazine rings is 1. The predicted molar refractivity (Wildman–Crippen MR) is 121 cm³/mol. The van der Waals surface area contributed by atoms with Crippen LogP contribution >= 0.6 is 0 Å². The molecule has 4 heterocycles. The Hall–Kier alpha value is -4.22. The van der Waals surface area contributed by atoms with Crippen molar-refractivity contribution >= 4 is 18.2 Å². The summed E-state index contributed by atoms with van der Waals surface area (Å²) in [6, 6.07) is 5.24. The molecule has 35 heavy (non-hydrogen) atoms. The van der Waals surface area contributed by atoms with Crippen LogP contribution in [-0.2, 0) is 0 Å². The van der Waals surface area contributed by atoms with E-state index in [1.807, 2.05) is 0 Å². The van der Waals surface area contributed by atoms with E-state index in [2.05, 4.69) is 20.1 Å². The second kappa shape index (κ2) is 9.20. The van der Waals surface area contributed by atoms with Gasteiger partial charge in [-0.25, -0.2) is 32.9 Å². The van der Waals surface area contributed by atoms with Crippen molar-refractivity contribution in [3.8, 4) is 11.3 Å². The number of H-pyrrole nitrogens is 1. The number of aromatic nitrogens is 3. The molecule has 1 saturated heterocycles. The summed E-state index contributed by atoms with van der Waals surface area (Å²) in [5, 5.41) is 5.36. The molecule has 2 aliphatic heterocycles. The quantitative estimate of drug-likeness (QED) is 0.618. The van der Waals surface area contributed by atoms with Gasteiger partial charge in [0, 0.05) is 51.1 Å². The van der Waals surface area contributed by atoms with Crippen molar-refractivity contribution in [2.24, 2.45) is 5.10 Å². The average Bonchev–Trinajstić information content (AvgIpc) is 3.34. The van der Waals surface area contributed by atoms with E-state index in [-0.39, 0.29) is 23.2 Å². The van der Waals surface area contributed by atoms with Crippen molar-refractivity contribution in [1.82, 2.24) is 24.9 Å². The maximum absolute atomic E-state index is 14.4. The summed E-state index contributed by atoms with van der Waals surface area (Å²) in [5.41, 5.74) is -0.151. The van der Waals surface area contributed by atoms with Gasteiger partial charge in [0.25, 0.3) is 5.56 Å². The van der Waals surface area contributed by atoms with Gasteiger partial charge in [0.2, 0.25) is 5.95 Å². The molecule has 0 aliphatic carbocycles. The topological polar surface area (TPSA) is 97.8 Å². The lowest BCUT2D eigenvalue weighted by Crippen LogP contribution is -2.52. The fourth-order valence-electron chi connectivity index (χ4n) is 4.19. The lowest BCUT2D eigenvalue weighted by molar-refractivity contribution is 0.139. The maximum atomic E-state index is 14.4. The van der Waals surface area contributed by atoms with Crippen LogP contribution in [-0.4, -0.2) is 63.3 Å². The molecule has 5 rings (SSSR count). The molecule has 12 heteroatoms. The van der Waals surface area contributed by atoms with Gasteiger partial charge < -0.3 is 14.8 Å². The minimum absolute atomic E-state index is 0.0918. The molecule has 3 aromatic rings. The number of rotatable bonds is 3. The number of nitrogens with zero attached hydrogens (tertiary/aromatic N) is 6. The highest BCUT2D eigenvalue weighted by Crippen LogP contribution is 2.30. The van der Waals surface area contributed by atoms with Crippen LogP contribution in [0.1, 0.15) is 18.0 Å². The third-order valence-corrected chi connectivity index (χ3v) is 5.93. The molecule has 1 N–H and O–H groups in total. The Kier molecular flexibility index (Phi) is 5.93. The summed E-state index contributed by atoms with van der Waals surface area (Å²) < 4.78 is 41.8. The standard InChI is InChI=1S/C23H20F3N7O2/c24-15-10-14(11-16(25)12-15)19-3-5-29-33(19)23(35)32-8-6-31(7-9-32)22-28-13-18(26)20(30-22)17-2-1-4-27-21(17)34/h1-2,4-5,10-13,19H,3,6-9H2,(H,27,34). The first-order valence-electron chi connectivity index (χ1n) is 10.9. The molecule has 180 valence electrons. The van der Waals surface area contributed by atoms with Gasteiger partial charge in [-0.3, -0.25) is 4.79 Å². The highest BCUT2D eigenvalue weighted by atomic mass is 19.1. The van der Waals surface area contributed by atoms with Crippen molar-refractivity contribution in [3.63, 3.8) is 0 Å². The molecule has 1 fully saturated rings. The molecule has 1 atom stereocenters. The number of nitrogens with one attached hydrogen (secondary N) is 1. The number of aromatic amines is 1. The number of pyridine rings is 1. The molecule has 2 aromatic heterocycles. The van der Waals surface area contributed by atoms with E-state index >= 15 is 0 Å². The number of hydrazone groups is 1. The van der Waals surface area contributed by atoms with Gasteiger partial charge in [0.1, 0.15) is 17.3 Å². The third-order valence-electron chi connectivity index (χ3n) is 5.93. The monoisotopic (exact) mass is 483 g/mol. The third kappa shape index (κ3) is 4.46. The summed E-state index contributed by atoms with van der Waals surface area (Å²) in [6.45, 7) is 1.33. The largest absolute Gasteiger partial charge is 0.341 e. The van der Waals surface area contributed by atoms with E-state index in [1.54, 1.807) is 22.1 Å². The van der Waals surface area contributed by atoms with Crippen molar-refractivity contribution < 1.29 is 18.0 Å². The van der Waals surface area contributed by atoms with Gasteiger partial charge in [-0.2, -0.15) is 5.10 Å². The lowest BCUT2D eigenvalue weighted by atomic mass is 10.0. The Morgan fingerprint density at radius 3 is 2.51 bits per heavy atom. The zero-order valence-electron chi connectivity index (χ0n) is 18.4. The van der Waals surface area contributed by atoms with E-state index in [0.29, 0.717) is 38.2 Å². The number of hydrogen-bond donors (Lipinski definition) is 1. The number of amides is 2. The first-order chi connectivity index (χ1) is 16.9. The molecule has 0 spiro atoms. The average molecular weight is 483 g/mol. The minimum atomic E-state index is -0.718. The smallest absolute Gasteiger partial charge is 0.337 e. The Morgan fingerprint density at radius 2 is 1.80 bits per heavy atom. The fraction of sp³-hybridized carbons (Fsp3) is 0.261. The molecule has 0 bridgehead atoms. The number of halogens is 3. The van der Waals surface area contributed by atoms with Crippen LogP contribution < -0.4 is 10.5 Å². The lowest BCUT2D eigenvalue weighted by Gasteiger charge is -2.37. The minimum Gasteiger partial charge on any atom is -0.337 e. The maximum Gasteiger partial charge on any atom is 0.341 e. The molecule has 0 saturated carbocycles. The second-order valence-corrected chi connectivity index (χ2v) is 8.13. The first-order valence-corrected chi connectivity index (χ1v) is 10.9. The van der Waals surface area contributed by atoms with Crippen molar-refractivity contribution in [2.75, 3.05) is 31.1 Å². The Bertz CT molecular complexity index is 1330. The first kappa shape index (κ1) is 22.6. The van der Waals surface area contributed by atoms with E-state index in [0.717, 1.165) is 12.3 Å². The van der Waals surface area contributed by atoms with Crippen molar-refractivity contribution in [3.05, 3.63) is 76.1 Å². The highest BCUT2D eigenvalue weighted by Gasteiger charge is 2.34. The second-order valence-electron chi connectivity index (χ2n) is 8.13. The zero-order valence-corrected chi connectivity index (χ0v) is 18.4.